The van der Waals surface area contributed by atoms with Crippen molar-refractivity contribution in [2.45, 2.75) is 0 Å². The van der Waals surface area contributed by atoms with E-state index in [2.05, 4.69) is 83.8 Å². The normalized spacial score (nSPS) is 11.1. The molecular formula is C35H21N3. The summed E-state index contributed by atoms with van der Waals surface area (Å²) < 4.78 is 0. The first-order chi connectivity index (χ1) is 18.7. The molecule has 0 radical (unpaired) electrons. The molecule has 7 aromatic rings. The summed E-state index contributed by atoms with van der Waals surface area (Å²) in [5, 5.41) is 14.8. The average Bonchev–Trinajstić information content (AvgIpc) is 2.99. The monoisotopic (exact) mass is 483 g/mol. The first kappa shape index (κ1) is 21.9. The fourth-order valence-corrected chi connectivity index (χ4v) is 5.10. The largest absolute Gasteiger partial charge is 0.236 e. The lowest BCUT2D eigenvalue weighted by atomic mass is 9.95. The van der Waals surface area contributed by atoms with Crippen LogP contribution in [0.25, 0.3) is 66.1 Å². The van der Waals surface area contributed by atoms with Crippen molar-refractivity contribution in [3.05, 3.63) is 133 Å². The molecule has 0 aliphatic carbocycles. The summed E-state index contributed by atoms with van der Waals surface area (Å²) >= 11 is 0. The number of fused-ring (bicyclic) bond motifs is 3. The highest BCUT2D eigenvalue weighted by Crippen LogP contribution is 2.33. The van der Waals surface area contributed by atoms with E-state index in [1.807, 2.05) is 54.7 Å². The minimum absolute atomic E-state index is 0.670. The van der Waals surface area contributed by atoms with Gasteiger partial charge in [-0.2, -0.15) is 5.26 Å². The van der Waals surface area contributed by atoms with Crippen molar-refractivity contribution < 1.29 is 0 Å². The maximum atomic E-state index is 9.10. The van der Waals surface area contributed by atoms with Crippen molar-refractivity contribution in [1.29, 1.82) is 5.26 Å². The highest BCUT2D eigenvalue weighted by molar-refractivity contribution is 5.99. The molecule has 6 aromatic carbocycles. The first-order valence-corrected chi connectivity index (χ1v) is 12.5. The van der Waals surface area contributed by atoms with E-state index in [1.165, 1.54) is 21.9 Å². The van der Waals surface area contributed by atoms with Gasteiger partial charge >= 0.3 is 0 Å². The quantitative estimate of drug-likeness (QED) is 0.252. The third-order valence-corrected chi connectivity index (χ3v) is 7.13. The van der Waals surface area contributed by atoms with Gasteiger partial charge < -0.3 is 0 Å². The van der Waals surface area contributed by atoms with E-state index < -0.39 is 0 Å². The Morgan fingerprint density at radius 2 is 1.18 bits per heavy atom. The second-order valence-corrected chi connectivity index (χ2v) is 9.46. The maximum Gasteiger partial charge on any atom is 0.160 e. The molecule has 38 heavy (non-hydrogen) atoms. The van der Waals surface area contributed by atoms with E-state index in [0.717, 1.165) is 44.2 Å². The molecule has 1 aromatic heterocycles. The fraction of sp³-hybridized carbons (Fsp3) is 0. The summed E-state index contributed by atoms with van der Waals surface area (Å²) in [6.45, 7) is 0. The predicted molar refractivity (Wildman–Crippen MR) is 156 cm³/mol. The van der Waals surface area contributed by atoms with Crippen LogP contribution in [0.2, 0.25) is 0 Å². The first-order valence-electron chi connectivity index (χ1n) is 12.5. The van der Waals surface area contributed by atoms with Crippen molar-refractivity contribution >= 4 is 32.4 Å². The standard InChI is InChI=1S/C35H21N3/c36-21-23-8-10-24(11-9-23)26-14-12-25-13-15-27(20-31(25)19-26)28-16-17-32-29(18-28)5-3-6-33(32)35-37-22-30-4-1-2-7-34(30)38-35/h1-20,22H. The van der Waals surface area contributed by atoms with Crippen LogP contribution in [-0.4, -0.2) is 9.97 Å². The molecule has 0 bridgehead atoms. The van der Waals surface area contributed by atoms with Gasteiger partial charge in [0, 0.05) is 17.1 Å². The molecular weight excluding hydrogens is 462 g/mol. The molecule has 7 rings (SSSR count). The number of rotatable bonds is 3. The Labute approximate surface area is 220 Å². The van der Waals surface area contributed by atoms with Gasteiger partial charge in [-0.15, -0.1) is 0 Å². The van der Waals surface area contributed by atoms with Crippen molar-refractivity contribution in [3.63, 3.8) is 0 Å². The van der Waals surface area contributed by atoms with Crippen LogP contribution in [0.5, 0.6) is 0 Å². The third-order valence-electron chi connectivity index (χ3n) is 7.13. The van der Waals surface area contributed by atoms with E-state index in [9.17, 15) is 0 Å². The molecule has 1 heterocycles. The lowest BCUT2D eigenvalue weighted by molar-refractivity contribution is 1.23. The molecule has 0 amide bonds. The van der Waals surface area contributed by atoms with Crippen molar-refractivity contribution in [2.24, 2.45) is 0 Å². The number of para-hydroxylation sites is 1. The van der Waals surface area contributed by atoms with E-state index >= 15 is 0 Å². The van der Waals surface area contributed by atoms with Crippen molar-refractivity contribution in [1.82, 2.24) is 9.97 Å². The topological polar surface area (TPSA) is 49.6 Å². The molecule has 0 saturated heterocycles. The minimum atomic E-state index is 0.670. The van der Waals surface area contributed by atoms with Gasteiger partial charge in [-0.25, -0.2) is 9.97 Å². The summed E-state index contributed by atoms with van der Waals surface area (Å²) in [7, 11) is 0. The Balaban J connectivity index is 1.28. The Hall–Kier alpha value is -5.33. The highest BCUT2D eigenvalue weighted by atomic mass is 14.9. The van der Waals surface area contributed by atoms with Gasteiger partial charge in [0.1, 0.15) is 0 Å². The molecule has 0 aliphatic rings. The molecule has 0 aliphatic heterocycles. The van der Waals surface area contributed by atoms with Gasteiger partial charge in [0.05, 0.1) is 17.1 Å². The second-order valence-electron chi connectivity index (χ2n) is 9.46. The Morgan fingerprint density at radius 3 is 1.97 bits per heavy atom. The molecule has 0 fully saturated rings. The molecule has 0 atom stereocenters. The van der Waals surface area contributed by atoms with Crippen LogP contribution in [-0.2, 0) is 0 Å². The van der Waals surface area contributed by atoms with Gasteiger partial charge in [0.25, 0.3) is 0 Å². The number of nitrogens with zero attached hydrogens (tertiary/aromatic N) is 3. The van der Waals surface area contributed by atoms with Gasteiger partial charge in [0.15, 0.2) is 5.82 Å². The lowest BCUT2D eigenvalue weighted by Crippen LogP contribution is -1.91. The summed E-state index contributed by atoms with van der Waals surface area (Å²) in [4.78, 5) is 9.48. The zero-order valence-corrected chi connectivity index (χ0v) is 20.5. The third kappa shape index (κ3) is 3.86. The molecule has 0 spiro atoms. The van der Waals surface area contributed by atoms with Gasteiger partial charge in [-0.05, 0) is 80.2 Å². The molecule has 3 heteroatoms. The minimum Gasteiger partial charge on any atom is -0.236 e. The van der Waals surface area contributed by atoms with E-state index in [4.69, 9.17) is 10.2 Å². The molecule has 0 N–H and O–H groups in total. The number of hydrogen-bond acceptors (Lipinski definition) is 3. The fourth-order valence-electron chi connectivity index (χ4n) is 5.10. The van der Waals surface area contributed by atoms with Crippen molar-refractivity contribution in [2.75, 3.05) is 0 Å². The number of hydrogen-bond donors (Lipinski definition) is 0. The zero-order valence-electron chi connectivity index (χ0n) is 20.5. The van der Waals surface area contributed by atoms with Crippen LogP contribution < -0.4 is 0 Å². The Kier molecular flexibility index (Phi) is 5.17. The number of nitriles is 1. The molecule has 3 nitrogen and oxygen atoms in total. The van der Waals surface area contributed by atoms with Crippen LogP contribution in [0, 0.1) is 11.3 Å². The zero-order chi connectivity index (χ0) is 25.5. The van der Waals surface area contributed by atoms with Gasteiger partial charge in [-0.3, -0.25) is 0 Å². The SMILES string of the molecule is N#Cc1ccc(-c2ccc3ccc(-c4ccc5c(-c6ncc7ccccc7n6)cccc5c4)cc3c2)cc1. The van der Waals surface area contributed by atoms with Gasteiger partial charge in [-0.1, -0.05) is 84.9 Å². The van der Waals surface area contributed by atoms with Crippen LogP contribution in [0.1, 0.15) is 5.56 Å². The van der Waals surface area contributed by atoms with Crippen molar-refractivity contribution in [3.8, 4) is 39.7 Å². The average molecular weight is 484 g/mol. The number of benzene rings is 6. The maximum absolute atomic E-state index is 9.10. The summed E-state index contributed by atoms with van der Waals surface area (Å²) in [6, 6.07) is 44.0. The summed E-state index contributed by atoms with van der Waals surface area (Å²) in [5.41, 5.74) is 7.23. The molecule has 0 unspecified atom stereocenters. The number of aromatic nitrogens is 2. The van der Waals surface area contributed by atoms with E-state index in [0.29, 0.717) is 5.56 Å². The second kappa shape index (κ2) is 8.96. The highest BCUT2D eigenvalue weighted by Gasteiger charge is 2.10. The Morgan fingerprint density at radius 1 is 0.526 bits per heavy atom. The smallest absolute Gasteiger partial charge is 0.160 e. The van der Waals surface area contributed by atoms with Crippen LogP contribution in [0.4, 0.5) is 0 Å². The van der Waals surface area contributed by atoms with Gasteiger partial charge in [0.2, 0.25) is 0 Å². The predicted octanol–water partition coefficient (Wildman–Crippen LogP) is 8.81. The summed E-state index contributed by atoms with van der Waals surface area (Å²) in [6.07, 6.45) is 1.89. The molecule has 0 saturated carbocycles. The summed E-state index contributed by atoms with van der Waals surface area (Å²) in [5.74, 6) is 0.739. The Bertz CT molecular complexity index is 2030. The lowest BCUT2D eigenvalue weighted by Gasteiger charge is -2.10. The van der Waals surface area contributed by atoms with Crippen LogP contribution in [0.3, 0.4) is 0 Å². The molecule has 176 valence electrons. The van der Waals surface area contributed by atoms with Crippen LogP contribution >= 0.6 is 0 Å². The van der Waals surface area contributed by atoms with E-state index in [1.54, 1.807) is 0 Å². The van der Waals surface area contributed by atoms with E-state index in [-0.39, 0.29) is 0 Å². The van der Waals surface area contributed by atoms with Crippen LogP contribution in [0.15, 0.2) is 128 Å².